The summed E-state index contributed by atoms with van der Waals surface area (Å²) >= 11 is 0. The number of rotatable bonds is 6. The average Bonchev–Trinajstić information content (AvgIpc) is 1.89. The van der Waals surface area contributed by atoms with Crippen LogP contribution in [0.3, 0.4) is 0 Å². The van der Waals surface area contributed by atoms with Crippen molar-refractivity contribution in [2.45, 2.75) is 13.0 Å². The molecular weight excluding hydrogens is 128 g/mol. The zero-order valence-electron chi connectivity index (χ0n) is 7.11. The van der Waals surface area contributed by atoms with Crippen LogP contribution in [0.25, 0.3) is 0 Å². The van der Waals surface area contributed by atoms with Gasteiger partial charge in [0.25, 0.3) is 0 Å². The number of hydrogen-bond donors (Lipinski definition) is 2. The van der Waals surface area contributed by atoms with Crippen LogP contribution >= 0.6 is 0 Å². The number of nitrogens with one attached hydrogen (secondary N) is 2. The summed E-state index contributed by atoms with van der Waals surface area (Å²) in [5.74, 6) is 0. The van der Waals surface area contributed by atoms with Crippen molar-refractivity contribution < 1.29 is 4.74 Å². The van der Waals surface area contributed by atoms with E-state index < -0.39 is 0 Å². The zero-order chi connectivity index (χ0) is 7.82. The van der Waals surface area contributed by atoms with Gasteiger partial charge in [0.15, 0.2) is 0 Å². The first-order valence-corrected chi connectivity index (χ1v) is 3.68. The topological polar surface area (TPSA) is 33.3 Å². The van der Waals surface area contributed by atoms with E-state index in [2.05, 4.69) is 17.6 Å². The number of ether oxygens (including phenoxy) is 1. The highest BCUT2D eigenvalue weighted by molar-refractivity contribution is 4.58. The first-order chi connectivity index (χ1) is 4.81. The van der Waals surface area contributed by atoms with E-state index in [9.17, 15) is 0 Å². The van der Waals surface area contributed by atoms with Gasteiger partial charge >= 0.3 is 0 Å². The lowest BCUT2D eigenvalue weighted by atomic mass is 10.3. The fraction of sp³-hybridized carbons (Fsp3) is 1.00. The number of hydrogen-bond acceptors (Lipinski definition) is 3. The number of methoxy groups -OCH3 is 1. The second-order valence-electron chi connectivity index (χ2n) is 2.41. The van der Waals surface area contributed by atoms with E-state index in [1.165, 1.54) is 0 Å². The van der Waals surface area contributed by atoms with E-state index in [4.69, 9.17) is 4.74 Å². The highest BCUT2D eigenvalue weighted by Crippen LogP contribution is 1.79. The summed E-state index contributed by atoms with van der Waals surface area (Å²) < 4.78 is 4.95. The molecule has 1 atom stereocenters. The quantitative estimate of drug-likeness (QED) is 0.510. The minimum Gasteiger partial charge on any atom is -0.383 e. The van der Waals surface area contributed by atoms with Crippen LogP contribution in [0.4, 0.5) is 0 Å². The van der Waals surface area contributed by atoms with Crippen LogP contribution in [0, 0.1) is 0 Å². The van der Waals surface area contributed by atoms with Gasteiger partial charge < -0.3 is 15.4 Å². The molecule has 0 aromatic heterocycles. The molecule has 0 saturated heterocycles. The minimum absolute atomic E-state index is 0.457. The van der Waals surface area contributed by atoms with Crippen molar-refractivity contribution in [3.05, 3.63) is 0 Å². The van der Waals surface area contributed by atoms with Crippen molar-refractivity contribution in [3.63, 3.8) is 0 Å². The third-order valence-corrected chi connectivity index (χ3v) is 1.28. The van der Waals surface area contributed by atoms with Gasteiger partial charge in [0.1, 0.15) is 0 Å². The molecular formula is C7H18N2O. The van der Waals surface area contributed by atoms with Crippen molar-refractivity contribution >= 4 is 0 Å². The molecule has 62 valence electrons. The van der Waals surface area contributed by atoms with Crippen LogP contribution in [-0.4, -0.2) is 39.9 Å². The van der Waals surface area contributed by atoms with Crippen molar-refractivity contribution in [1.82, 2.24) is 10.6 Å². The average molecular weight is 146 g/mol. The van der Waals surface area contributed by atoms with Gasteiger partial charge in [-0.2, -0.15) is 0 Å². The second-order valence-corrected chi connectivity index (χ2v) is 2.41. The molecule has 0 saturated carbocycles. The normalized spacial score (nSPS) is 13.5. The molecule has 0 aliphatic carbocycles. The van der Waals surface area contributed by atoms with Crippen molar-refractivity contribution in [1.29, 1.82) is 0 Å². The van der Waals surface area contributed by atoms with E-state index in [0.29, 0.717) is 6.04 Å². The maximum atomic E-state index is 4.95. The summed E-state index contributed by atoms with van der Waals surface area (Å²) in [7, 11) is 3.67. The Balaban J connectivity index is 2.97. The largest absolute Gasteiger partial charge is 0.383 e. The molecule has 0 amide bonds. The van der Waals surface area contributed by atoms with E-state index in [0.717, 1.165) is 19.7 Å². The highest BCUT2D eigenvalue weighted by atomic mass is 16.5. The van der Waals surface area contributed by atoms with Gasteiger partial charge in [-0.1, -0.05) is 0 Å². The van der Waals surface area contributed by atoms with Gasteiger partial charge in [-0.15, -0.1) is 0 Å². The van der Waals surface area contributed by atoms with Crippen LogP contribution in [0.1, 0.15) is 6.92 Å². The van der Waals surface area contributed by atoms with Crippen LogP contribution in [0.5, 0.6) is 0 Å². The van der Waals surface area contributed by atoms with Gasteiger partial charge in [-0.3, -0.25) is 0 Å². The molecule has 0 aromatic rings. The van der Waals surface area contributed by atoms with E-state index in [-0.39, 0.29) is 0 Å². The number of likely N-dealkylation sites (N-methyl/N-ethyl adjacent to an activating group) is 1. The first-order valence-electron chi connectivity index (χ1n) is 3.68. The van der Waals surface area contributed by atoms with E-state index in [1.54, 1.807) is 7.11 Å². The van der Waals surface area contributed by atoms with Crippen LogP contribution in [0.15, 0.2) is 0 Å². The molecule has 0 spiro atoms. The zero-order valence-corrected chi connectivity index (χ0v) is 7.11. The minimum atomic E-state index is 0.457. The molecule has 10 heavy (non-hydrogen) atoms. The molecule has 0 radical (unpaired) electrons. The molecule has 0 bridgehead atoms. The third-order valence-electron chi connectivity index (χ3n) is 1.28. The van der Waals surface area contributed by atoms with Crippen molar-refractivity contribution in [3.8, 4) is 0 Å². The maximum Gasteiger partial charge on any atom is 0.0613 e. The summed E-state index contributed by atoms with van der Waals surface area (Å²) in [4.78, 5) is 0. The van der Waals surface area contributed by atoms with Gasteiger partial charge in [0.2, 0.25) is 0 Å². The first kappa shape index (κ1) is 9.88. The lowest BCUT2D eigenvalue weighted by molar-refractivity contribution is 0.172. The smallest absolute Gasteiger partial charge is 0.0613 e. The molecule has 0 aromatic carbocycles. The third kappa shape index (κ3) is 6.01. The fourth-order valence-electron chi connectivity index (χ4n) is 0.752. The molecule has 0 aliphatic rings. The summed E-state index contributed by atoms with van der Waals surface area (Å²) in [6, 6.07) is 0.457. The molecule has 0 aliphatic heterocycles. The SMILES string of the molecule is CNCCNC(C)COC. The van der Waals surface area contributed by atoms with E-state index >= 15 is 0 Å². The molecule has 3 nitrogen and oxygen atoms in total. The molecule has 1 unspecified atom stereocenters. The summed E-state index contributed by atoms with van der Waals surface area (Å²) in [6.45, 7) is 4.90. The molecule has 2 N–H and O–H groups in total. The Morgan fingerprint density at radius 1 is 1.40 bits per heavy atom. The van der Waals surface area contributed by atoms with Crippen LogP contribution in [-0.2, 0) is 4.74 Å². The van der Waals surface area contributed by atoms with Gasteiger partial charge in [-0.05, 0) is 14.0 Å². The second kappa shape index (κ2) is 6.99. The van der Waals surface area contributed by atoms with Gasteiger partial charge in [0, 0.05) is 26.2 Å². The lowest BCUT2D eigenvalue weighted by Crippen LogP contribution is -2.34. The standard InChI is InChI=1S/C7H18N2O/c1-7(6-10-3)9-5-4-8-2/h7-9H,4-6H2,1-3H3. The summed E-state index contributed by atoms with van der Waals surface area (Å²) in [6.07, 6.45) is 0. The molecule has 0 fully saturated rings. The molecule has 0 heterocycles. The van der Waals surface area contributed by atoms with Crippen molar-refractivity contribution in [2.24, 2.45) is 0 Å². The van der Waals surface area contributed by atoms with Crippen LogP contribution < -0.4 is 10.6 Å². The summed E-state index contributed by atoms with van der Waals surface area (Å²) in [5, 5.41) is 6.36. The Bertz CT molecular complexity index is 68.6. The van der Waals surface area contributed by atoms with Crippen LogP contribution in [0.2, 0.25) is 0 Å². The molecule has 3 heteroatoms. The maximum absolute atomic E-state index is 4.95. The monoisotopic (exact) mass is 146 g/mol. The van der Waals surface area contributed by atoms with Gasteiger partial charge in [0.05, 0.1) is 6.61 Å². The Morgan fingerprint density at radius 3 is 2.60 bits per heavy atom. The van der Waals surface area contributed by atoms with Crippen molar-refractivity contribution in [2.75, 3.05) is 33.9 Å². The Morgan fingerprint density at radius 2 is 2.10 bits per heavy atom. The highest BCUT2D eigenvalue weighted by Gasteiger charge is 1.96. The Kier molecular flexibility index (Phi) is 6.91. The predicted molar refractivity (Wildman–Crippen MR) is 43.3 cm³/mol. The molecule has 0 rings (SSSR count). The lowest BCUT2D eigenvalue weighted by Gasteiger charge is -2.11. The van der Waals surface area contributed by atoms with E-state index in [1.807, 2.05) is 7.05 Å². The Hall–Kier alpha value is -0.120. The fourth-order valence-corrected chi connectivity index (χ4v) is 0.752. The predicted octanol–water partition coefficient (Wildman–Crippen LogP) is -0.170. The summed E-state index contributed by atoms with van der Waals surface area (Å²) in [5.41, 5.74) is 0. The van der Waals surface area contributed by atoms with Gasteiger partial charge in [-0.25, -0.2) is 0 Å². The Labute approximate surface area is 63.1 Å².